The van der Waals surface area contributed by atoms with Crippen LogP contribution in [0.1, 0.15) is 39.2 Å². The van der Waals surface area contributed by atoms with Crippen LogP contribution in [0.3, 0.4) is 0 Å². The monoisotopic (exact) mass is 362 g/mol. The highest BCUT2D eigenvalue weighted by Crippen LogP contribution is 2.27. The molecule has 0 amide bonds. The first kappa shape index (κ1) is 19.7. The van der Waals surface area contributed by atoms with Crippen molar-refractivity contribution >= 4 is 28.1 Å². The molecule has 0 saturated heterocycles. The normalized spacial score (nSPS) is 12.4. The third-order valence-electron chi connectivity index (χ3n) is 3.19. The van der Waals surface area contributed by atoms with Gasteiger partial charge in [0.15, 0.2) is 5.65 Å². The molecule has 0 saturated carbocycles. The van der Waals surface area contributed by atoms with Crippen LogP contribution in [0.5, 0.6) is 5.88 Å². The van der Waals surface area contributed by atoms with Crippen molar-refractivity contribution in [1.29, 1.82) is 0 Å². The van der Waals surface area contributed by atoms with E-state index in [0.29, 0.717) is 5.88 Å². The molecule has 0 aliphatic heterocycles. The molecule has 2 heterocycles. The minimum atomic E-state index is -3.55. The van der Waals surface area contributed by atoms with E-state index in [4.69, 9.17) is 9.88 Å². The molecular formula is C14H23ClN4O3S. The van der Waals surface area contributed by atoms with Crippen molar-refractivity contribution in [2.45, 2.75) is 33.6 Å². The summed E-state index contributed by atoms with van der Waals surface area (Å²) in [5.41, 5.74) is 1.08. The zero-order valence-corrected chi connectivity index (χ0v) is 15.3. The average molecular weight is 363 g/mol. The Bertz CT molecular complexity index is 771. The first-order valence-electron chi connectivity index (χ1n) is 7.05. The lowest BCUT2D eigenvalue weighted by atomic mass is 9.98. The molecule has 130 valence electrons. The first-order chi connectivity index (χ1) is 10.1. The molecule has 9 heteroatoms. The molecule has 0 radical (unpaired) electrons. The smallest absolute Gasteiger partial charge is 0.235 e. The van der Waals surface area contributed by atoms with Gasteiger partial charge in [0.2, 0.25) is 15.9 Å². The summed E-state index contributed by atoms with van der Waals surface area (Å²) < 4.78 is 30.0. The first-order valence-corrected chi connectivity index (χ1v) is 8.76. The van der Waals surface area contributed by atoms with Crippen molar-refractivity contribution in [2.75, 3.05) is 12.4 Å². The number of nitrogens with two attached hydrogens (primary N) is 1. The number of primary sulfonamides is 1. The highest BCUT2D eigenvalue weighted by atomic mass is 35.5. The van der Waals surface area contributed by atoms with Crippen molar-refractivity contribution in [1.82, 2.24) is 14.6 Å². The summed E-state index contributed by atoms with van der Waals surface area (Å²) >= 11 is 0. The van der Waals surface area contributed by atoms with Gasteiger partial charge in [-0.3, -0.25) is 0 Å². The fourth-order valence-electron chi connectivity index (χ4n) is 2.23. The van der Waals surface area contributed by atoms with Gasteiger partial charge in [0.05, 0.1) is 12.4 Å². The lowest BCUT2D eigenvalue weighted by Crippen LogP contribution is -2.34. The molecule has 0 aliphatic carbocycles. The number of fused-ring (bicyclic) bond motifs is 1. The molecule has 0 atom stereocenters. The van der Waals surface area contributed by atoms with Gasteiger partial charge in [0, 0.05) is 23.4 Å². The van der Waals surface area contributed by atoms with Crippen molar-refractivity contribution in [3.05, 3.63) is 24.0 Å². The number of nitrogens with zero attached hydrogens (tertiary/aromatic N) is 3. The van der Waals surface area contributed by atoms with E-state index in [1.165, 1.54) is 0 Å². The van der Waals surface area contributed by atoms with E-state index >= 15 is 0 Å². The number of rotatable bonds is 6. The zero-order valence-electron chi connectivity index (χ0n) is 13.7. The van der Waals surface area contributed by atoms with E-state index in [2.05, 4.69) is 10.1 Å². The summed E-state index contributed by atoms with van der Waals surface area (Å²) in [6.45, 7) is 7.87. The van der Waals surface area contributed by atoms with E-state index in [9.17, 15) is 8.42 Å². The number of aromatic nitrogens is 3. The summed E-state index contributed by atoms with van der Waals surface area (Å²) in [4.78, 5) is 4.21. The van der Waals surface area contributed by atoms with Gasteiger partial charge < -0.3 is 4.74 Å². The van der Waals surface area contributed by atoms with Crippen LogP contribution in [-0.2, 0) is 10.0 Å². The summed E-state index contributed by atoms with van der Waals surface area (Å²) in [6, 6.07) is 1.93. The molecule has 2 aromatic rings. The van der Waals surface area contributed by atoms with Crippen LogP contribution in [-0.4, -0.2) is 35.4 Å². The van der Waals surface area contributed by atoms with Gasteiger partial charge in [-0.05, 0) is 12.0 Å². The Morgan fingerprint density at radius 3 is 2.61 bits per heavy atom. The van der Waals surface area contributed by atoms with Crippen LogP contribution in [0, 0.1) is 5.41 Å². The van der Waals surface area contributed by atoms with E-state index in [-0.39, 0.29) is 30.7 Å². The predicted molar refractivity (Wildman–Crippen MR) is 91.6 cm³/mol. The minimum Gasteiger partial charge on any atom is -0.476 e. The molecule has 0 aromatic carbocycles. The van der Waals surface area contributed by atoms with Gasteiger partial charge >= 0.3 is 0 Å². The third kappa shape index (κ3) is 5.33. The van der Waals surface area contributed by atoms with Gasteiger partial charge in [0.1, 0.15) is 0 Å². The van der Waals surface area contributed by atoms with Crippen LogP contribution in [0.15, 0.2) is 18.5 Å². The quantitative estimate of drug-likeness (QED) is 0.846. The molecular weight excluding hydrogens is 340 g/mol. The standard InChI is InChI=1S/C14H22N4O3S.ClH/c1-10(2)11-7-12-16-5-6-18(12)17-13(11)21-8-14(3,4)9-22(15,19)20;/h5-7,10H,8-9H2,1-4H3,(H2,15,19,20);1H. The van der Waals surface area contributed by atoms with Crippen molar-refractivity contribution in [3.8, 4) is 5.88 Å². The Hall–Kier alpha value is -1.38. The van der Waals surface area contributed by atoms with Gasteiger partial charge in [-0.25, -0.2) is 23.1 Å². The van der Waals surface area contributed by atoms with E-state index in [0.717, 1.165) is 11.2 Å². The largest absolute Gasteiger partial charge is 0.476 e. The molecule has 0 spiro atoms. The molecule has 0 bridgehead atoms. The fraction of sp³-hybridized carbons (Fsp3) is 0.571. The molecule has 7 nitrogen and oxygen atoms in total. The Morgan fingerprint density at radius 1 is 1.39 bits per heavy atom. The summed E-state index contributed by atoms with van der Waals surface area (Å²) in [6.07, 6.45) is 3.41. The Balaban J connectivity index is 0.00000264. The number of imidazole rings is 1. The SMILES string of the molecule is CC(C)c1cc2nccn2nc1OCC(C)(C)CS(N)(=O)=O.Cl. The molecule has 23 heavy (non-hydrogen) atoms. The van der Waals surface area contributed by atoms with Crippen LogP contribution in [0.25, 0.3) is 5.65 Å². The lowest BCUT2D eigenvalue weighted by molar-refractivity contribution is 0.189. The maximum atomic E-state index is 11.3. The second kappa shape index (κ2) is 7.02. The number of hydrogen-bond acceptors (Lipinski definition) is 5. The maximum Gasteiger partial charge on any atom is 0.235 e. The topological polar surface area (TPSA) is 99.6 Å². The maximum absolute atomic E-state index is 11.3. The number of sulfonamides is 1. The van der Waals surface area contributed by atoms with E-state index in [1.54, 1.807) is 30.8 Å². The summed E-state index contributed by atoms with van der Waals surface area (Å²) in [5, 5.41) is 9.53. The summed E-state index contributed by atoms with van der Waals surface area (Å²) in [5.74, 6) is 0.554. The lowest BCUT2D eigenvalue weighted by Gasteiger charge is -2.24. The highest BCUT2D eigenvalue weighted by molar-refractivity contribution is 7.89. The van der Waals surface area contributed by atoms with Gasteiger partial charge in [-0.1, -0.05) is 27.7 Å². The fourth-order valence-corrected chi connectivity index (χ4v) is 3.40. The van der Waals surface area contributed by atoms with Crippen molar-refractivity contribution in [2.24, 2.45) is 10.6 Å². The Labute approximate surface area is 142 Å². The van der Waals surface area contributed by atoms with Crippen LogP contribution < -0.4 is 9.88 Å². The second-order valence-corrected chi connectivity index (χ2v) is 8.16. The minimum absolute atomic E-state index is 0. The van der Waals surface area contributed by atoms with Crippen LogP contribution in [0.2, 0.25) is 0 Å². The van der Waals surface area contributed by atoms with Crippen LogP contribution in [0.4, 0.5) is 0 Å². The number of hydrogen-bond donors (Lipinski definition) is 1. The number of ether oxygens (including phenoxy) is 1. The van der Waals surface area contributed by atoms with Gasteiger partial charge in [-0.2, -0.15) is 0 Å². The molecule has 0 aliphatic rings. The van der Waals surface area contributed by atoms with Crippen molar-refractivity contribution in [3.63, 3.8) is 0 Å². The molecule has 2 aromatic heterocycles. The Morgan fingerprint density at radius 2 is 2.04 bits per heavy atom. The summed E-state index contributed by atoms with van der Waals surface area (Å²) in [7, 11) is -3.55. The Kier molecular flexibility index (Phi) is 6.00. The second-order valence-electron chi connectivity index (χ2n) is 6.55. The van der Waals surface area contributed by atoms with Gasteiger partial charge in [0.25, 0.3) is 0 Å². The van der Waals surface area contributed by atoms with E-state index < -0.39 is 15.4 Å². The molecule has 2 rings (SSSR count). The van der Waals surface area contributed by atoms with Crippen LogP contribution >= 0.6 is 12.4 Å². The molecule has 0 fully saturated rings. The van der Waals surface area contributed by atoms with Crippen molar-refractivity contribution < 1.29 is 13.2 Å². The van der Waals surface area contributed by atoms with Gasteiger partial charge in [-0.15, -0.1) is 17.5 Å². The average Bonchev–Trinajstić information content (AvgIpc) is 2.79. The molecule has 2 N–H and O–H groups in total. The molecule has 0 unspecified atom stereocenters. The third-order valence-corrected chi connectivity index (χ3v) is 4.38. The number of halogens is 1. The highest BCUT2D eigenvalue weighted by Gasteiger charge is 2.26. The zero-order chi connectivity index (χ0) is 16.5. The predicted octanol–water partition coefficient (Wildman–Crippen LogP) is 1.97. The van der Waals surface area contributed by atoms with E-state index in [1.807, 2.05) is 19.9 Å².